The molecule has 0 saturated carbocycles. The van der Waals surface area contributed by atoms with Gasteiger partial charge in [0, 0.05) is 5.54 Å². The van der Waals surface area contributed by atoms with E-state index < -0.39 is 0 Å². The minimum Gasteiger partial charge on any atom is -0.330 e. The third-order valence-electron chi connectivity index (χ3n) is 3.68. The first-order valence-electron chi connectivity index (χ1n) is 5.89. The van der Waals surface area contributed by atoms with Crippen LogP contribution in [0, 0.1) is 5.92 Å². The molecule has 0 radical (unpaired) electrons. The average molecular weight is 200 g/mol. The monoisotopic (exact) mass is 200 g/mol. The van der Waals surface area contributed by atoms with E-state index in [2.05, 4.69) is 39.6 Å². The Balaban J connectivity index is 3.88. The number of hydrogen-bond donors (Lipinski definition) is 1. The first-order valence-corrected chi connectivity index (χ1v) is 5.89. The Morgan fingerprint density at radius 2 is 1.86 bits per heavy atom. The highest BCUT2D eigenvalue weighted by atomic mass is 15.2. The van der Waals surface area contributed by atoms with Crippen molar-refractivity contribution in [3.05, 3.63) is 0 Å². The van der Waals surface area contributed by atoms with E-state index in [-0.39, 0.29) is 0 Å². The van der Waals surface area contributed by atoms with Gasteiger partial charge in [-0.05, 0) is 52.7 Å². The van der Waals surface area contributed by atoms with E-state index in [9.17, 15) is 0 Å². The van der Waals surface area contributed by atoms with Crippen molar-refractivity contribution < 1.29 is 0 Å². The maximum absolute atomic E-state index is 5.69. The molecule has 0 heterocycles. The van der Waals surface area contributed by atoms with Crippen LogP contribution in [0.5, 0.6) is 0 Å². The second-order valence-corrected chi connectivity index (χ2v) is 4.89. The summed E-state index contributed by atoms with van der Waals surface area (Å²) >= 11 is 0. The molecule has 86 valence electrons. The Labute approximate surface area is 89.9 Å². The van der Waals surface area contributed by atoms with Gasteiger partial charge < -0.3 is 10.6 Å². The molecule has 2 nitrogen and oxygen atoms in total. The Hall–Kier alpha value is -0.0800. The van der Waals surface area contributed by atoms with Gasteiger partial charge in [-0.3, -0.25) is 0 Å². The first-order chi connectivity index (χ1) is 6.47. The molecule has 1 unspecified atom stereocenters. The van der Waals surface area contributed by atoms with Crippen molar-refractivity contribution in [3.63, 3.8) is 0 Å². The molecule has 0 rings (SSSR count). The Morgan fingerprint density at radius 3 is 2.21 bits per heavy atom. The van der Waals surface area contributed by atoms with Gasteiger partial charge in [-0.1, -0.05) is 20.3 Å². The Morgan fingerprint density at radius 1 is 1.29 bits per heavy atom. The van der Waals surface area contributed by atoms with E-state index in [1.165, 1.54) is 19.3 Å². The summed E-state index contributed by atoms with van der Waals surface area (Å²) < 4.78 is 0. The molecule has 0 spiro atoms. The van der Waals surface area contributed by atoms with Gasteiger partial charge in [0.25, 0.3) is 0 Å². The van der Waals surface area contributed by atoms with Crippen molar-refractivity contribution in [2.75, 3.05) is 20.1 Å². The topological polar surface area (TPSA) is 29.3 Å². The van der Waals surface area contributed by atoms with Crippen molar-refractivity contribution in [3.8, 4) is 0 Å². The van der Waals surface area contributed by atoms with Gasteiger partial charge in [0.05, 0.1) is 0 Å². The minimum absolute atomic E-state index is 0.326. The van der Waals surface area contributed by atoms with Gasteiger partial charge >= 0.3 is 0 Å². The maximum Gasteiger partial charge on any atom is 0.0147 e. The lowest BCUT2D eigenvalue weighted by atomic mass is 9.97. The predicted octanol–water partition coefficient (Wildman–Crippen LogP) is 2.48. The van der Waals surface area contributed by atoms with Crippen molar-refractivity contribution >= 4 is 0 Å². The van der Waals surface area contributed by atoms with E-state index in [0.717, 1.165) is 13.1 Å². The van der Waals surface area contributed by atoms with Gasteiger partial charge in [0.15, 0.2) is 0 Å². The molecule has 0 aromatic rings. The van der Waals surface area contributed by atoms with E-state index >= 15 is 0 Å². The molecule has 0 aromatic heterocycles. The van der Waals surface area contributed by atoms with E-state index in [1.807, 2.05) is 0 Å². The number of rotatable bonds is 7. The van der Waals surface area contributed by atoms with Crippen molar-refractivity contribution in [1.29, 1.82) is 0 Å². The standard InChI is InChI=1S/C12H28N2/c1-6-11(10-13)8-9-14(5)12(3,4)7-2/h11H,6-10,13H2,1-5H3. The molecule has 0 saturated heterocycles. The minimum atomic E-state index is 0.326. The highest BCUT2D eigenvalue weighted by Gasteiger charge is 2.21. The molecule has 0 aliphatic carbocycles. The van der Waals surface area contributed by atoms with E-state index in [1.54, 1.807) is 0 Å². The largest absolute Gasteiger partial charge is 0.330 e. The lowest BCUT2D eigenvalue weighted by molar-refractivity contribution is 0.141. The average Bonchev–Trinajstić information content (AvgIpc) is 2.19. The summed E-state index contributed by atoms with van der Waals surface area (Å²) in [6, 6.07) is 0. The molecule has 0 aliphatic heterocycles. The van der Waals surface area contributed by atoms with Crippen molar-refractivity contribution in [2.24, 2.45) is 11.7 Å². The summed E-state index contributed by atoms with van der Waals surface area (Å²) in [5, 5.41) is 0. The van der Waals surface area contributed by atoms with Crippen LogP contribution in [0.25, 0.3) is 0 Å². The molecule has 14 heavy (non-hydrogen) atoms. The molecule has 0 amide bonds. The Kier molecular flexibility index (Phi) is 6.38. The highest BCUT2D eigenvalue weighted by Crippen LogP contribution is 2.18. The number of hydrogen-bond acceptors (Lipinski definition) is 2. The normalized spacial score (nSPS) is 14.8. The molecule has 0 fully saturated rings. The van der Waals surface area contributed by atoms with E-state index in [0.29, 0.717) is 11.5 Å². The van der Waals surface area contributed by atoms with Crippen LogP contribution in [-0.2, 0) is 0 Å². The molecule has 2 N–H and O–H groups in total. The van der Waals surface area contributed by atoms with Crippen LogP contribution in [0.3, 0.4) is 0 Å². The Bertz CT molecular complexity index is 139. The summed E-state index contributed by atoms with van der Waals surface area (Å²) in [4.78, 5) is 2.45. The van der Waals surface area contributed by atoms with Crippen molar-refractivity contribution in [1.82, 2.24) is 4.90 Å². The van der Waals surface area contributed by atoms with Crippen LogP contribution in [0.1, 0.15) is 47.0 Å². The molecule has 0 aliphatic rings. The molecular weight excluding hydrogens is 172 g/mol. The fraction of sp³-hybridized carbons (Fsp3) is 1.00. The summed E-state index contributed by atoms with van der Waals surface area (Å²) in [7, 11) is 2.22. The third-order valence-corrected chi connectivity index (χ3v) is 3.68. The SMILES string of the molecule is CCC(CN)CCN(C)C(C)(C)CC. The zero-order valence-corrected chi connectivity index (χ0v) is 10.6. The quantitative estimate of drug-likeness (QED) is 0.684. The van der Waals surface area contributed by atoms with Crippen LogP contribution in [-0.4, -0.2) is 30.6 Å². The number of nitrogens with two attached hydrogens (primary N) is 1. The second-order valence-electron chi connectivity index (χ2n) is 4.89. The molecule has 0 aromatic carbocycles. The molecular formula is C12H28N2. The van der Waals surface area contributed by atoms with Crippen molar-refractivity contribution in [2.45, 2.75) is 52.5 Å². The zero-order chi connectivity index (χ0) is 11.2. The van der Waals surface area contributed by atoms with Gasteiger partial charge in [0.2, 0.25) is 0 Å². The fourth-order valence-corrected chi connectivity index (χ4v) is 1.44. The maximum atomic E-state index is 5.69. The van der Waals surface area contributed by atoms with Crippen LogP contribution in [0.4, 0.5) is 0 Å². The highest BCUT2D eigenvalue weighted by molar-refractivity contribution is 4.77. The van der Waals surface area contributed by atoms with Crippen LogP contribution < -0.4 is 5.73 Å². The van der Waals surface area contributed by atoms with Gasteiger partial charge in [-0.15, -0.1) is 0 Å². The van der Waals surface area contributed by atoms with Gasteiger partial charge in [0.1, 0.15) is 0 Å². The lowest BCUT2D eigenvalue weighted by Crippen LogP contribution is -2.41. The summed E-state index contributed by atoms with van der Waals surface area (Å²) in [6.07, 6.45) is 3.63. The number of nitrogens with zero attached hydrogens (tertiary/aromatic N) is 1. The van der Waals surface area contributed by atoms with Gasteiger partial charge in [-0.2, -0.15) is 0 Å². The van der Waals surface area contributed by atoms with Crippen LogP contribution in [0.15, 0.2) is 0 Å². The molecule has 1 atom stereocenters. The third kappa shape index (κ3) is 4.43. The van der Waals surface area contributed by atoms with E-state index in [4.69, 9.17) is 5.73 Å². The smallest absolute Gasteiger partial charge is 0.0147 e. The lowest BCUT2D eigenvalue weighted by Gasteiger charge is -2.35. The summed E-state index contributed by atoms with van der Waals surface area (Å²) in [5.74, 6) is 0.699. The molecule has 2 heteroatoms. The first kappa shape index (κ1) is 13.9. The zero-order valence-electron chi connectivity index (χ0n) is 10.6. The summed E-state index contributed by atoms with van der Waals surface area (Å²) in [5.41, 5.74) is 6.02. The van der Waals surface area contributed by atoms with Crippen LogP contribution >= 0.6 is 0 Å². The van der Waals surface area contributed by atoms with Crippen LogP contribution in [0.2, 0.25) is 0 Å². The second kappa shape index (κ2) is 6.41. The van der Waals surface area contributed by atoms with Gasteiger partial charge in [-0.25, -0.2) is 0 Å². The fourth-order valence-electron chi connectivity index (χ4n) is 1.44. The molecule has 0 bridgehead atoms. The predicted molar refractivity (Wildman–Crippen MR) is 64.5 cm³/mol. The summed E-state index contributed by atoms with van der Waals surface area (Å²) in [6.45, 7) is 11.1.